The van der Waals surface area contributed by atoms with E-state index in [1.165, 1.54) is 12.1 Å². The summed E-state index contributed by atoms with van der Waals surface area (Å²) in [4.78, 5) is 0. The van der Waals surface area contributed by atoms with Crippen molar-refractivity contribution in [3.05, 3.63) is 29.6 Å². The first-order valence-electron chi connectivity index (χ1n) is 5.85. The minimum atomic E-state index is -0.671. The molecule has 0 fully saturated rings. The van der Waals surface area contributed by atoms with Crippen LogP contribution in [0.1, 0.15) is 39.2 Å². The van der Waals surface area contributed by atoms with Crippen LogP contribution in [-0.2, 0) is 5.41 Å². The van der Waals surface area contributed by atoms with Gasteiger partial charge in [-0.2, -0.15) is 5.26 Å². The lowest BCUT2D eigenvalue weighted by Crippen LogP contribution is -2.16. The van der Waals surface area contributed by atoms with Crippen molar-refractivity contribution in [2.75, 3.05) is 6.61 Å². The first-order chi connectivity index (χ1) is 8.01. The summed E-state index contributed by atoms with van der Waals surface area (Å²) < 4.78 is 18.7. The fourth-order valence-corrected chi connectivity index (χ4v) is 1.52. The summed E-state index contributed by atoms with van der Waals surface area (Å²) in [5.41, 5.74) is 0.0624. The third-order valence-electron chi connectivity index (χ3n) is 2.65. The van der Waals surface area contributed by atoms with Gasteiger partial charge >= 0.3 is 0 Å². The van der Waals surface area contributed by atoms with Gasteiger partial charge in [0.2, 0.25) is 0 Å². The topological polar surface area (TPSA) is 33.0 Å². The maximum absolute atomic E-state index is 13.2. The second-order valence-corrected chi connectivity index (χ2v) is 4.58. The minimum absolute atomic E-state index is 0.339. The van der Waals surface area contributed by atoms with E-state index in [2.05, 4.69) is 13.0 Å². The molecule has 0 atom stereocenters. The summed E-state index contributed by atoms with van der Waals surface area (Å²) in [5.74, 6) is 0.138. The third-order valence-corrected chi connectivity index (χ3v) is 2.65. The van der Waals surface area contributed by atoms with E-state index in [1.807, 2.05) is 0 Å². The van der Waals surface area contributed by atoms with Crippen LogP contribution < -0.4 is 4.74 Å². The van der Waals surface area contributed by atoms with Crippen molar-refractivity contribution in [2.24, 2.45) is 0 Å². The van der Waals surface area contributed by atoms with E-state index in [0.717, 1.165) is 18.4 Å². The molecule has 0 saturated carbocycles. The standard InChI is InChI=1S/C14H18FNO/c1-4-5-8-17-13-9-11(15)6-7-12(13)14(2,3)10-16/h6-7,9H,4-5,8H2,1-3H3. The van der Waals surface area contributed by atoms with Crippen LogP contribution in [0.5, 0.6) is 5.75 Å². The first kappa shape index (κ1) is 13.5. The molecule has 0 heterocycles. The third kappa shape index (κ3) is 3.45. The van der Waals surface area contributed by atoms with E-state index in [0.29, 0.717) is 12.4 Å². The van der Waals surface area contributed by atoms with Crippen molar-refractivity contribution in [2.45, 2.75) is 39.0 Å². The van der Waals surface area contributed by atoms with Crippen LogP contribution in [0, 0.1) is 17.1 Å². The lowest BCUT2D eigenvalue weighted by Gasteiger charge is -2.20. The second-order valence-electron chi connectivity index (χ2n) is 4.58. The number of hydrogen-bond acceptors (Lipinski definition) is 2. The van der Waals surface area contributed by atoms with E-state index in [-0.39, 0.29) is 5.82 Å². The Morgan fingerprint density at radius 3 is 2.71 bits per heavy atom. The molecule has 0 amide bonds. The molecule has 1 aromatic rings. The Hall–Kier alpha value is -1.56. The maximum Gasteiger partial charge on any atom is 0.126 e. The Morgan fingerprint density at radius 1 is 1.41 bits per heavy atom. The van der Waals surface area contributed by atoms with Gasteiger partial charge in [-0.15, -0.1) is 0 Å². The molecule has 0 unspecified atom stereocenters. The second kappa shape index (κ2) is 5.67. The summed E-state index contributed by atoms with van der Waals surface area (Å²) in [6.45, 7) is 6.21. The van der Waals surface area contributed by atoms with Gasteiger partial charge < -0.3 is 4.74 Å². The highest BCUT2D eigenvalue weighted by Gasteiger charge is 2.24. The molecule has 0 saturated heterocycles. The lowest BCUT2D eigenvalue weighted by atomic mass is 9.85. The van der Waals surface area contributed by atoms with Gasteiger partial charge in [0.25, 0.3) is 0 Å². The van der Waals surface area contributed by atoms with Gasteiger partial charge in [-0.25, -0.2) is 4.39 Å². The van der Waals surface area contributed by atoms with Gasteiger partial charge in [0.05, 0.1) is 18.1 Å². The molecule has 17 heavy (non-hydrogen) atoms. The zero-order valence-electron chi connectivity index (χ0n) is 10.6. The van der Waals surface area contributed by atoms with Crippen LogP contribution in [0.3, 0.4) is 0 Å². The predicted molar refractivity (Wildman–Crippen MR) is 65.4 cm³/mol. The Balaban J connectivity index is 3.01. The number of nitrogens with zero attached hydrogens (tertiary/aromatic N) is 1. The highest BCUT2D eigenvalue weighted by atomic mass is 19.1. The average molecular weight is 235 g/mol. The lowest BCUT2D eigenvalue weighted by molar-refractivity contribution is 0.301. The van der Waals surface area contributed by atoms with Gasteiger partial charge in [-0.1, -0.05) is 19.4 Å². The SMILES string of the molecule is CCCCOc1cc(F)ccc1C(C)(C)C#N. The van der Waals surface area contributed by atoms with Gasteiger partial charge in [0.1, 0.15) is 11.6 Å². The van der Waals surface area contributed by atoms with Crippen LogP contribution in [0.25, 0.3) is 0 Å². The zero-order chi connectivity index (χ0) is 12.9. The van der Waals surface area contributed by atoms with Crippen molar-refractivity contribution < 1.29 is 9.13 Å². The number of unbranched alkanes of at least 4 members (excludes halogenated alkanes) is 1. The smallest absolute Gasteiger partial charge is 0.126 e. The minimum Gasteiger partial charge on any atom is -0.493 e. The fourth-order valence-electron chi connectivity index (χ4n) is 1.52. The van der Waals surface area contributed by atoms with Crippen molar-refractivity contribution in [3.63, 3.8) is 0 Å². The fraction of sp³-hybridized carbons (Fsp3) is 0.500. The van der Waals surface area contributed by atoms with Crippen LogP contribution in [-0.4, -0.2) is 6.61 Å². The van der Waals surface area contributed by atoms with Crippen molar-refractivity contribution >= 4 is 0 Å². The molecule has 0 spiro atoms. The molecule has 1 rings (SSSR count). The van der Waals surface area contributed by atoms with Crippen LogP contribution in [0.2, 0.25) is 0 Å². The normalized spacial score (nSPS) is 11.0. The monoisotopic (exact) mass is 235 g/mol. The van der Waals surface area contributed by atoms with Crippen LogP contribution >= 0.6 is 0 Å². The zero-order valence-corrected chi connectivity index (χ0v) is 10.6. The largest absolute Gasteiger partial charge is 0.493 e. The Kier molecular flexibility index (Phi) is 4.51. The molecule has 0 radical (unpaired) electrons. The molecular formula is C14H18FNO. The quantitative estimate of drug-likeness (QED) is 0.727. The molecule has 92 valence electrons. The predicted octanol–water partition coefficient (Wildman–Crippen LogP) is 3.81. The number of nitriles is 1. The molecule has 0 N–H and O–H groups in total. The molecule has 0 aliphatic carbocycles. The van der Waals surface area contributed by atoms with Crippen LogP contribution in [0.15, 0.2) is 18.2 Å². The van der Waals surface area contributed by atoms with Gasteiger partial charge in [-0.05, 0) is 26.3 Å². The summed E-state index contributed by atoms with van der Waals surface area (Å²) in [7, 11) is 0. The highest BCUT2D eigenvalue weighted by Crippen LogP contribution is 2.31. The average Bonchev–Trinajstić information content (AvgIpc) is 2.29. The molecule has 0 aliphatic heterocycles. The highest BCUT2D eigenvalue weighted by molar-refractivity contribution is 5.42. The molecule has 3 heteroatoms. The van der Waals surface area contributed by atoms with E-state index >= 15 is 0 Å². The number of halogens is 1. The number of benzene rings is 1. The summed E-state index contributed by atoms with van der Waals surface area (Å²) in [5, 5.41) is 9.11. The maximum atomic E-state index is 13.2. The van der Waals surface area contributed by atoms with E-state index in [4.69, 9.17) is 10.00 Å². The summed E-state index contributed by atoms with van der Waals surface area (Å²) in [6, 6.07) is 6.54. The number of ether oxygens (including phenoxy) is 1. The van der Waals surface area contributed by atoms with E-state index < -0.39 is 5.41 Å². The van der Waals surface area contributed by atoms with Gasteiger partial charge in [0, 0.05) is 11.6 Å². The first-order valence-corrected chi connectivity index (χ1v) is 5.85. The van der Waals surface area contributed by atoms with Crippen LogP contribution in [0.4, 0.5) is 4.39 Å². The summed E-state index contributed by atoms with van der Waals surface area (Å²) >= 11 is 0. The molecular weight excluding hydrogens is 217 g/mol. The van der Waals surface area contributed by atoms with Crippen molar-refractivity contribution in [1.82, 2.24) is 0 Å². The molecule has 0 aliphatic rings. The summed E-state index contributed by atoms with van der Waals surface area (Å²) in [6.07, 6.45) is 1.94. The number of hydrogen-bond donors (Lipinski definition) is 0. The molecule has 0 bridgehead atoms. The Morgan fingerprint density at radius 2 is 2.12 bits per heavy atom. The van der Waals surface area contributed by atoms with Crippen molar-refractivity contribution in [1.29, 1.82) is 5.26 Å². The van der Waals surface area contributed by atoms with E-state index in [1.54, 1.807) is 19.9 Å². The van der Waals surface area contributed by atoms with Crippen molar-refractivity contribution in [3.8, 4) is 11.8 Å². The molecule has 2 nitrogen and oxygen atoms in total. The van der Waals surface area contributed by atoms with Gasteiger partial charge in [0.15, 0.2) is 0 Å². The van der Waals surface area contributed by atoms with E-state index in [9.17, 15) is 4.39 Å². The Bertz CT molecular complexity index is 421. The molecule has 0 aromatic heterocycles. The Labute approximate surface area is 102 Å². The number of rotatable bonds is 5. The van der Waals surface area contributed by atoms with Gasteiger partial charge in [-0.3, -0.25) is 0 Å². The molecule has 1 aromatic carbocycles.